The van der Waals surface area contributed by atoms with Crippen molar-refractivity contribution >= 4 is 21.9 Å². The van der Waals surface area contributed by atoms with E-state index in [9.17, 15) is 13.2 Å². The van der Waals surface area contributed by atoms with Crippen molar-refractivity contribution in [2.24, 2.45) is 0 Å². The van der Waals surface area contributed by atoms with Crippen LogP contribution in [0.3, 0.4) is 0 Å². The molecule has 0 aromatic heterocycles. The van der Waals surface area contributed by atoms with Crippen LogP contribution in [0.4, 0.5) is 5.69 Å². The Hall–Kier alpha value is -2.14. The van der Waals surface area contributed by atoms with E-state index in [4.69, 9.17) is 0 Å². The Morgan fingerprint density at radius 3 is 1.84 bits per heavy atom. The van der Waals surface area contributed by atoms with Crippen LogP contribution in [0.15, 0.2) is 58.3 Å². The molecular formula is C14H13NO3S. The van der Waals surface area contributed by atoms with Crippen molar-refractivity contribution in [1.82, 2.24) is 0 Å². The average Bonchev–Trinajstić information content (AvgIpc) is 2.40. The third kappa shape index (κ3) is 2.82. The number of carbonyl (C=O) groups is 1. The van der Waals surface area contributed by atoms with Gasteiger partial charge in [0.2, 0.25) is 16.2 Å². The first kappa shape index (κ1) is 13.3. The Balaban J connectivity index is 2.39. The molecule has 0 heterocycles. The van der Waals surface area contributed by atoms with E-state index in [1.807, 2.05) is 6.92 Å². The van der Waals surface area contributed by atoms with Crippen LogP contribution in [0.25, 0.3) is 0 Å². The molecule has 19 heavy (non-hydrogen) atoms. The molecule has 98 valence electrons. The zero-order valence-electron chi connectivity index (χ0n) is 10.3. The summed E-state index contributed by atoms with van der Waals surface area (Å²) in [6, 6.07) is 12.7. The smallest absolute Gasteiger partial charge is 0.211 e. The van der Waals surface area contributed by atoms with E-state index in [1.54, 1.807) is 36.4 Å². The molecule has 0 spiro atoms. The van der Waals surface area contributed by atoms with Crippen LogP contribution < -0.4 is 5.32 Å². The third-order valence-electron chi connectivity index (χ3n) is 2.72. The molecule has 4 nitrogen and oxygen atoms in total. The topological polar surface area (TPSA) is 63.2 Å². The molecule has 0 aliphatic carbocycles. The van der Waals surface area contributed by atoms with Crippen molar-refractivity contribution in [2.75, 3.05) is 5.32 Å². The van der Waals surface area contributed by atoms with E-state index in [0.717, 1.165) is 5.56 Å². The number of hydrogen-bond acceptors (Lipinski definition) is 3. The lowest BCUT2D eigenvalue weighted by Crippen LogP contribution is -2.02. The van der Waals surface area contributed by atoms with E-state index in [-0.39, 0.29) is 9.79 Å². The average molecular weight is 275 g/mol. The van der Waals surface area contributed by atoms with Gasteiger partial charge in [0.05, 0.1) is 9.79 Å². The van der Waals surface area contributed by atoms with Gasteiger partial charge in [-0.05, 0) is 43.3 Å². The summed E-state index contributed by atoms with van der Waals surface area (Å²) in [5.74, 6) is 0. The second kappa shape index (κ2) is 5.24. The zero-order valence-corrected chi connectivity index (χ0v) is 11.1. The van der Waals surface area contributed by atoms with Gasteiger partial charge in [0, 0.05) is 5.69 Å². The van der Waals surface area contributed by atoms with Gasteiger partial charge in [-0.25, -0.2) is 8.42 Å². The highest BCUT2D eigenvalue weighted by atomic mass is 32.2. The quantitative estimate of drug-likeness (QED) is 0.871. The highest BCUT2D eigenvalue weighted by Gasteiger charge is 2.16. The summed E-state index contributed by atoms with van der Waals surface area (Å²) in [5.41, 5.74) is 1.56. The van der Waals surface area contributed by atoms with Gasteiger partial charge < -0.3 is 5.32 Å². The number of sulfone groups is 1. The van der Waals surface area contributed by atoms with Gasteiger partial charge in [0.15, 0.2) is 0 Å². The Morgan fingerprint density at radius 1 is 0.895 bits per heavy atom. The summed E-state index contributed by atoms with van der Waals surface area (Å²) < 4.78 is 24.6. The molecule has 0 aliphatic rings. The van der Waals surface area contributed by atoms with Crippen LogP contribution in [0.5, 0.6) is 0 Å². The van der Waals surface area contributed by atoms with Crippen LogP contribution in [0, 0.1) is 6.92 Å². The number of amides is 1. The standard InChI is InChI=1S/C14H13NO3S/c1-11-2-6-13(7-3-11)19(17,18)14-8-4-12(5-9-14)15-10-16/h2-10H,1H3,(H,15,16). The molecule has 0 bridgehead atoms. The molecule has 2 aromatic carbocycles. The number of nitrogens with one attached hydrogen (secondary N) is 1. The van der Waals surface area contributed by atoms with Crippen molar-refractivity contribution in [2.45, 2.75) is 16.7 Å². The SMILES string of the molecule is Cc1ccc(S(=O)(=O)c2ccc(NC=O)cc2)cc1. The van der Waals surface area contributed by atoms with Crippen LogP contribution >= 0.6 is 0 Å². The maximum atomic E-state index is 12.3. The summed E-state index contributed by atoms with van der Waals surface area (Å²) in [6.07, 6.45) is 0.545. The molecule has 2 rings (SSSR count). The van der Waals surface area contributed by atoms with E-state index < -0.39 is 9.84 Å². The molecule has 0 saturated carbocycles. The predicted molar refractivity (Wildman–Crippen MR) is 72.8 cm³/mol. The van der Waals surface area contributed by atoms with Crippen molar-refractivity contribution in [1.29, 1.82) is 0 Å². The molecule has 2 aromatic rings. The molecule has 0 atom stereocenters. The van der Waals surface area contributed by atoms with Crippen LogP contribution in [0.1, 0.15) is 5.56 Å². The number of anilines is 1. The van der Waals surface area contributed by atoms with Crippen molar-refractivity contribution in [3.63, 3.8) is 0 Å². The van der Waals surface area contributed by atoms with E-state index >= 15 is 0 Å². The first-order valence-electron chi connectivity index (χ1n) is 5.66. The largest absolute Gasteiger partial charge is 0.329 e. The van der Waals surface area contributed by atoms with Gasteiger partial charge in [-0.1, -0.05) is 17.7 Å². The van der Waals surface area contributed by atoms with Crippen molar-refractivity contribution < 1.29 is 13.2 Å². The fourth-order valence-corrected chi connectivity index (χ4v) is 2.91. The summed E-state index contributed by atoms with van der Waals surface area (Å²) in [5, 5.41) is 2.46. The van der Waals surface area contributed by atoms with Crippen LogP contribution in [-0.2, 0) is 14.6 Å². The van der Waals surface area contributed by atoms with Gasteiger partial charge in [0.1, 0.15) is 0 Å². The maximum absolute atomic E-state index is 12.3. The third-order valence-corrected chi connectivity index (χ3v) is 4.51. The van der Waals surface area contributed by atoms with Gasteiger partial charge in [0.25, 0.3) is 0 Å². The molecule has 0 unspecified atom stereocenters. The Kier molecular flexibility index (Phi) is 3.66. The highest BCUT2D eigenvalue weighted by Crippen LogP contribution is 2.22. The summed E-state index contributed by atoms with van der Waals surface area (Å²) >= 11 is 0. The highest BCUT2D eigenvalue weighted by molar-refractivity contribution is 7.91. The fraction of sp³-hybridized carbons (Fsp3) is 0.0714. The second-order valence-electron chi connectivity index (χ2n) is 4.10. The number of hydrogen-bond donors (Lipinski definition) is 1. The van der Waals surface area contributed by atoms with Gasteiger partial charge in [-0.2, -0.15) is 0 Å². The Bertz CT molecular complexity index is 674. The molecule has 0 fully saturated rings. The lowest BCUT2D eigenvalue weighted by atomic mass is 10.2. The first-order valence-corrected chi connectivity index (χ1v) is 7.14. The number of rotatable bonds is 4. The molecular weight excluding hydrogens is 262 g/mol. The molecule has 0 radical (unpaired) electrons. The lowest BCUT2D eigenvalue weighted by Gasteiger charge is -2.06. The van der Waals surface area contributed by atoms with Crippen LogP contribution in [0.2, 0.25) is 0 Å². The minimum Gasteiger partial charge on any atom is -0.329 e. The fourth-order valence-electron chi connectivity index (χ4n) is 1.65. The second-order valence-corrected chi connectivity index (χ2v) is 6.05. The molecule has 1 N–H and O–H groups in total. The Labute approximate surface area is 112 Å². The molecule has 5 heteroatoms. The predicted octanol–water partition coefficient (Wildman–Crippen LogP) is 2.40. The minimum atomic E-state index is -3.50. The minimum absolute atomic E-state index is 0.202. The van der Waals surface area contributed by atoms with Crippen LogP contribution in [-0.4, -0.2) is 14.8 Å². The summed E-state index contributed by atoms with van der Waals surface area (Å²) in [4.78, 5) is 10.7. The number of aryl methyl sites for hydroxylation is 1. The van der Waals surface area contributed by atoms with Crippen molar-refractivity contribution in [3.05, 3.63) is 54.1 Å². The normalized spacial score (nSPS) is 11.0. The van der Waals surface area contributed by atoms with Gasteiger partial charge in [-0.3, -0.25) is 4.79 Å². The first-order chi connectivity index (χ1) is 9.04. The maximum Gasteiger partial charge on any atom is 0.211 e. The summed E-state index contributed by atoms with van der Waals surface area (Å²) in [7, 11) is -3.50. The molecule has 0 saturated heterocycles. The van der Waals surface area contributed by atoms with E-state index in [1.165, 1.54) is 12.1 Å². The Morgan fingerprint density at radius 2 is 1.37 bits per heavy atom. The molecule has 0 aliphatic heterocycles. The number of benzene rings is 2. The zero-order chi connectivity index (χ0) is 13.9. The number of carbonyl (C=O) groups excluding carboxylic acids is 1. The van der Waals surface area contributed by atoms with E-state index in [0.29, 0.717) is 12.1 Å². The van der Waals surface area contributed by atoms with Gasteiger partial charge >= 0.3 is 0 Å². The lowest BCUT2D eigenvalue weighted by molar-refractivity contribution is -0.105. The van der Waals surface area contributed by atoms with E-state index in [2.05, 4.69) is 5.32 Å². The summed E-state index contributed by atoms with van der Waals surface area (Å²) in [6.45, 7) is 1.90. The monoisotopic (exact) mass is 275 g/mol. The van der Waals surface area contributed by atoms with Crippen molar-refractivity contribution in [3.8, 4) is 0 Å². The molecule has 1 amide bonds. The van der Waals surface area contributed by atoms with Gasteiger partial charge in [-0.15, -0.1) is 0 Å².